The molecule has 4 heteroatoms. The Kier molecular flexibility index (Phi) is 6.38. The van der Waals surface area contributed by atoms with Gasteiger partial charge in [0.25, 0.3) is 0 Å². The predicted octanol–water partition coefficient (Wildman–Crippen LogP) is 12.7. The zero-order valence-electron chi connectivity index (χ0n) is 27.8. The Balaban J connectivity index is 1.38. The van der Waals surface area contributed by atoms with E-state index >= 15 is 0 Å². The number of benzene rings is 6. The summed E-state index contributed by atoms with van der Waals surface area (Å²) in [5.74, 6) is 1.43. The van der Waals surface area contributed by atoms with E-state index in [1.165, 1.54) is 33.5 Å². The predicted molar refractivity (Wildman–Crippen MR) is 199 cm³/mol. The molecule has 0 radical (unpaired) electrons. The van der Waals surface area contributed by atoms with Crippen molar-refractivity contribution in [2.24, 2.45) is 0 Å². The summed E-state index contributed by atoms with van der Waals surface area (Å²) in [6, 6.07) is 40.9. The molecular formula is C44H36N2O2. The molecule has 0 spiro atoms. The lowest BCUT2D eigenvalue weighted by atomic mass is 9.88. The highest BCUT2D eigenvalue weighted by Crippen LogP contribution is 2.44. The molecule has 0 saturated carbocycles. The maximum atomic E-state index is 6.88. The van der Waals surface area contributed by atoms with Crippen LogP contribution in [0.1, 0.15) is 56.2 Å². The van der Waals surface area contributed by atoms with Crippen LogP contribution in [0.25, 0.3) is 83.1 Å². The number of aromatic nitrogens is 2. The summed E-state index contributed by atoms with van der Waals surface area (Å²) in [7, 11) is 0. The number of aryl methyl sites for hydroxylation is 1. The number of hydrogen-bond acceptors (Lipinski definition) is 3. The van der Waals surface area contributed by atoms with Crippen LogP contribution in [0.4, 0.5) is 0 Å². The van der Waals surface area contributed by atoms with Gasteiger partial charge < -0.3 is 8.83 Å². The molecule has 0 N–H and O–H groups in total. The van der Waals surface area contributed by atoms with Crippen LogP contribution in [0.5, 0.6) is 0 Å². The molecule has 9 rings (SSSR count). The number of hydrogen-bond donors (Lipinski definition) is 0. The summed E-state index contributed by atoms with van der Waals surface area (Å²) in [4.78, 5) is 5.38. The van der Waals surface area contributed by atoms with Gasteiger partial charge in [0.15, 0.2) is 11.2 Å². The zero-order valence-corrected chi connectivity index (χ0v) is 27.8. The molecule has 0 bridgehead atoms. The fraction of sp³-hybridized carbons (Fsp3) is 0.159. The second-order valence-corrected chi connectivity index (χ2v) is 13.6. The van der Waals surface area contributed by atoms with Gasteiger partial charge in [-0.3, -0.25) is 4.57 Å². The van der Waals surface area contributed by atoms with E-state index in [1.807, 2.05) is 18.2 Å². The SMILES string of the molecule is Cc1ccc2nc(-c3cccc4c3oc3c4ccc4c5ccccc5oc43)n(-c3c(C(C)C)cc(-c4ccccc4)cc3C(C)C)c2c1. The second kappa shape index (κ2) is 10.7. The van der Waals surface area contributed by atoms with E-state index in [1.54, 1.807) is 0 Å². The topological polar surface area (TPSA) is 44.1 Å². The molecule has 0 aliphatic heterocycles. The zero-order chi connectivity index (χ0) is 32.7. The molecule has 9 aromatic rings. The summed E-state index contributed by atoms with van der Waals surface area (Å²) in [5, 5.41) is 4.23. The number of imidazole rings is 1. The van der Waals surface area contributed by atoms with Crippen LogP contribution in [0.3, 0.4) is 0 Å². The molecule has 0 fully saturated rings. The van der Waals surface area contributed by atoms with Crippen molar-refractivity contribution in [2.75, 3.05) is 0 Å². The molecule has 48 heavy (non-hydrogen) atoms. The minimum Gasteiger partial charge on any atom is -0.452 e. The number of rotatable bonds is 5. The molecule has 0 aliphatic rings. The van der Waals surface area contributed by atoms with Crippen molar-refractivity contribution in [1.82, 2.24) is 9.55 Å². The third kappa shape index (κ3) is 4.25. The highest BCUT2D eigenvalue weighted by atomic mass is 16.4. The quantitative estimate of drug-likeness (QED) is 0.191. The van der Waals surface area contributed by atoms with Crippen molar-refractivity contribution >= 4 is 54.9 Å². The Labute approximate surface area is 279 Å². The average Bonchev–Trinajstić information content (AvgIpc) is 3.79. The van der Waals surface area contributed by atoms with Gasteiger partial charge in [-0.15, -0.1) is 0 Å². The Morgan fingerprint density at radius 3 is 1.96 bits per heavy atom. The van der Waals surface area contributed by atoms with E-state index in [2.05, 4.69) is 136 Å². The Morgan fingerprint density at radius 2 is 1.21 bits per heavy atom. The summed E-state index contributed by atoms with van der Waals surface area (Å²) in [5.41, 5.74) is 13.7. The van der Waals surface area contributed by atoms with Crippen molar-refractivity contribution in [3.63, 3.8) is 0 Å². The van der Waals surface area contributed by atoms with Crippen molar-refractivity contribution in [3.05, 3.63) is 132 Å². The summed E-state index contributed by atoms with van der Waals surface area (Å²) < 4.78 is 15.7. The molecule has 0 saturated heterocycles. The number of para-hydroxylation sites is 2. The highest BCUT2D eigenvalue weighted by Gasteiger charge is 2.26. The fourth-order valence-electron chi connectivity index (χ4n) is 7.42. The molecule has 0 unspecified atom stereocenters. The number of fused-ring (bicyclic) bond motifs is 8. The van der Waals surface area contributed by atoms with E-state index in [0.717, 1.165) is 66.3 Å². The van der Waals surface area contributed by atoms with Crippen molar-refractivity contribution in [3.8, 4) is 28.2 Å². The monoisotopic (exact) mass is 624 g/mol. The van der Waals surface area contributed by atoms with E-state index < -0.39 is 0 Å². The Morgan fingerprint density at radius 1 is 0.562 bits per heavy atom. The Bertz CT molecular complexity index is 2660. The van der Waals surface area contributed by atoms with Gasteiger partial charge in [0, 0.05) is 21.5 Å². The largest absolute Gasteiger partial charge is 0.452 e. The van der Waals surface area contributed by atoms with Gasteiger partial charge in [-0.2, -0.15) is 0 Å². The summed E-state index contributed by atoms with van der Waals surface area (Å²) >= 11 is 0. The first-order valence-corrected chi connectivity index (χ1v) is 16.9. The second-order valence-electron chi connectivity index (χ2n) is 13.6. The van der Waals surface area contributed by atoms with Gasteiger partial charge in [0.2, 0.25) is 0 Å². The molecule has 0 aliphatic carbocycles. The minimum absolute atomic E-state index is 0.277. The third-order valence-corrected chi connectivity index (χ3v) is 9.81. The van der Waals surface area contributed by atoms with Gasteiger partial charge in [-0.25, -0.2) is 4.98 Å². The van der Waals surface area contributed by atoms with Crippen LogP contribution in [0, 0.1) is 6.92 Å². The molecular weight excluding hydrogens is 588 g/mol. The van der Waals surface area contributed by atoms with Gasteiger partial charge >= 0.3 is 0 Å². The van der Waals surface area contributed by atoms with Crippen molar-refractivity contribution in [2.45, 2.75) is 46.5 Å². The Hall–Kier alpha value is -5.61. The van der Waals surface area contributed by atoms with Crippen molar-refractivity contribution < 1.29 is 8.83 Å². The van der Waals surface area contributed by atoms with Gasteiger partial charge in [-0.1, -0.05) is 94.4 Å². The van der Waals surface area contributed by atoms with Gasteiger partial charge in [0.1, 0.15) is 17.0 Å². The van der Waals surface area contributed by atoms with E-state index in [-0.39, 0.29) is 11.8 Å². The molecule has 4 nitrogen and oxygen atoms in total. The third-order valence-electron chi connectivity index (χ3n) is 9.81. The number of nitrogens with zero attached hydrogens (tertiary/aromatic N) is 2. The molecule has 0 amide bonds. The molecule has 3 aromatic heterocycles. The van der Waals surface area contributed by atoms with Crippen LogP contribution in [0.15, 0.2) is 124 Å². The molecule has 6 aromatic carbocycles. The van der Waals surface area contributed by atoms with Crippen LogP contribution in [-0.2, 0) is 0 Å². The first kappa shape index (κ1) is 28.6. The van der Waals surface area contributed by atoms with E-state index in [9.17, 15) is 0 Å². The van der Waals surface area contributed by atoms with Crippen LogP contribution in [0.2, 0.25) is 0 Å². The summed E-state index contributed by atoms with van der Waals surface area (Å²) in [6.45, 7) is 11.3. The van der Waals surface area contributed by atoms with Crippen LogP contribution >= 0.6 is 0 Å². The smallest absolute Gasteiger partial charge is 0.178 e. The normalized spacial score (nSPS) is 12.2. The lowest BCUT2D eigenvalue weighted by Gasteiger charge is -2.24. The molecule has 3 heterocycles. The molecule has 234 valence electrons. The van der Waals surface area contributed by atoms with Gasteiger partial charge in [-0.05, 0) is 95.1 Å². The minimum atomic E-state index is 0.277. The van der Waals surface area contributed by atoms with Crippen molar-refractivity contribution in [1.29, 1.82) is 0 Å². The van der Waals surface area contributed by atoms with Crippen LogP contribution in [-0.4, -0.2) is 9.55 Å². The fourth-order valence-corrected chi connectivity index (χ4v) is 7.42. The lowest BCUT2D eigenvalue weighted by molar-refractivity contribution is 0.633. The van der Waals surface area contributed by atoms with Crippen LogP contribution < -0.4 is 0 Å². The lowest BCUT2D eigenvalue weighted by Crippen LogP contribution is -2.09. The molecule has 0 atom stereocenters. The highest BCUT2D eigenvalue weighted by molar-refractivity contribution is 6.20. The first-order chi connectivity index (χ1) is 23.4. The first-order valence-electron chi connectivity index (χ1n) is 16.9. The number of furan rings is 2. The maximum Gasteiger partial charge on any atom is 0.178 e. The maximum absolute atomic E-state index is 6.88. The van der Waals surface area contributed by atoms with Gasteiger partial charge in [0.05, 0.1) is 22.3 Å². The van der Waals surface area contributed by atoms with E-state index in [4.69, 9.17) is 13.8 Å². The average molecular weight is 625 g/mol. The standard InChI is InChI=1S/C44H36N2O2/c1-25(2)35-23-29(28-12-7-6-8-13-28)24-36(26(3)4)40(35)46-38-22-27(5)18-21-37(38)45-44(46)34-16-11-15-31-33-20-19-32-30-14-9-10-17-39(30)47-42(32)43(33)48-41(31)34/h6-26H,1-5H3. The summed E-state index contributed by atoms with van der Waals surface area (Å²) in [6.07, 6.45) is 0. The van der Waals surface area contributed by atoms with E-state index in [0.29, 0.717) is 0 Å².